The third-order valence-corrected chi connectivity index (χ3v) is 5.32. The van der Waals surface area contributed by atoms with Crippen LogP contribution in [0, 0.1) is 23.2 Å². The Bertz CT molecular complexity index is 404. The molecule has 4 bridgehead atoms. The largest absolute Gasteiger partial charge is 0.453 e. The fourth-order valence-electron chi connectivity index (χ4n) is 4.86. The van der Waals surface area contributed by atoms with Gasteiger partial charge in [-0.1, -0.05) is 0 Å². The van der Waals surface area contributed by atoms with Gasteiger partial charge in [-0.3, -0.25) is 4.79 Å². The average molecular weight is 286 g/mol. The number of ether oxygens (including phenoxy) is 1. The zero-order valence-electron chi connectivity index (χ0n) is 11.7. The number of carbonyl (C=O) groups is 2. The van der Waals surface area contributed by atoms with Crippen LogP contribution < -0.4 is 0 Å². The molecule has 5 heteroatoms. The predicted molar refractivity (Wildman–Crippen MR) is 67.2 cm³/mol. The molecule has 0 aromatic carbocycles. The monoisotopic (exact) mass is 286 g/mol. The third kappa shape index (κ3) is 2.35. The van der Waals surface area contributed by atoms with Gasteiger partial charge < -0.3 is 4.74 Å². The zero-order valence-corrected chi connectivity index (χ0v) is 11.7. The number of ketones is 1. The van der Waals surface area contributed by atoms with E-state index in [1.54, 1.807) is 0 Å². The van der Waals surface area contributed by atoms with Gasteiger partial charge in [0.15, 0.2) is 12.4 Å². The summed E-state index contributed by atoms with van der Waals surface area (Å²) in [5, 5.41) is 0. The van der Waals surface area contributed by atoms with Crippen LogP contribution in [0.5, 0.6) is 0 Å². The maximum atomic E-state index is 12.7. The van der Waals surface area contributed by atoms with E-state index in [-0.39, 0.29) is 5.78 Å². The van der Waals surface area contributed by atoms with E-state index < -0.39 is 23.9 Å². The second-order valence-corrected chi connectivity index (χ2v) is 7.09. The van der Waals surface area contributed by atoms with E-state index in [1.165, 1.54) is 19.3 Å². The van der Waals surface area contributed by atoms with E-state index in [2.05, 4.69) is 4.74 Å². The summed E-state index contributed by atoms with van der Waals surface area (Å²) in [5.74, 6) is -3.46. The molecule has 0 heterocycles. The summed E-state index contributed by atoms with van der Waals surface area (Å²) in [4.78, 5) is 23.5. The van der Waals surface area contributed by atoms with Crippen molar-refractivity contribution < 1.29 is 23.1 Å². The number of carbonyl (C=O) groups excluding carboxylic acids is 2. The number of Topliss-reactive ketones (excluding diaryl/α,β-unsaturated/α-hetero) is 1. The minimum atomic E-state index is -3.53. The summed E-state index contributed by atoms with van der Waals surface area (Å²) in [6.45, 7) is -0.00104. The van der Waals surface area contributed by atoms with Crippen molar-refractivity contribution in [3.05, 3.63) is 0 Å². The maximum absolute atomic E-state index is 12.7. The molecule has 4 aliphatic carbocycles. The van der Waals surface area contributed by atoms with Crippen LogP contribution in [0.4, 0.5) is 8.78 Å². The van der Waals surface area contributed by atoms with Crippen LogP contribution in [0.25, 0.3) is 0 Å². The summed E-state index contributed by atoms with van der Waals surface area (Å²) < 4.78 is 30.0. The van der Waals surface area contributed by atoms with E-state index in [4.69, 9.17) is 0 Å². The van der Waals surface area contributed by atoms with Crippen molar-refractivity contribution in [2.75, 3.05) is 6.61 Å². The van der Waals surface area contributed by atoms with Crippen molar-refractivity contribution in [2.45, 2.75) is 51.4 Å². The van der Waals surface area contributed by atoms with Crippen molar-refractivity contribution in [1.82, 2.24) is 0 Å². The summed E-state index contributed by atoms with van der Waals surface area (Å²) in [6, 6.07) is 0. The molecule has 0 radical (unpaired) electrons. The maximum Gasteiger partial charge on any atom is 0.377 e. The fourth-order valence-corrected chi connectivity index (χ4v) is 4.86. The molecule has 0 unspecified atom stereocenters. The van der Waals surface area contributed by atoms with Crippen molar-refractivity contribution in [3.63, 3.8) is 0 Å². The summed E-state index contributed by atoms with van der Waals surface area (Å²) >= 11 is 0. The molecule has 0 spiro atoms. The lowest BCUT2D eigenvalue weighted by Gasteiger charge is -2.55. The quantitative estimate of drug-likeness (QED) is 0.746. The van der Waals surface area contributed by atoms with Gasteiger partial charge in [0.25, 0.3) is 0 Å². The number of hydrogen-bond donors (Lipinski definition) is 0. The molecule has 4 aliphatic rings. The molecule has 0 saturated heterocycles. The normalized spacial score (nSPS) is 38.9. The number of rotatable bonds is 4. The lowest BCUT2D eigenvalue weighted by molar-refractivity contribution is -0.174. The summed E-state index contributed by atoms with van der Waals surface area (Å²) in [7, 11) is 0. The third-order valence-electron chi connectivity index (χ3n) is 5.32. The molecule has 0 N–H and O–H groups in total. The van der Waals surface area contributed by atoms with E-state index in [9.17, 15) is 18.4 Å². The van der Waals surface area contributed by atoms with E-state index >= 15 is 0 Å². The molecule has 0 aromatic rings. The fraction of sp³-hybridized carbons (Fsp3) is 0.867. The Morgan fingerprint density at radius 3 is 1.95 bits per heavy atom. The van der Waals surface area contributed by atoms with Crippen LogP contribution >= 0.6 is 0 Å². The Kier molecular flexibility index (Phi) is 3.14. The van der Waals surface area contributed by atoms with Gasteiger partial charge in [0.05, 0.1) is 0 Å². The van der Waals surface area contributed by atoms with Gasteiger partial charge in [-0.05, 0) is 56.3 Å². The number of hydrogen-bond acceptors (Lipinski definition) is 3. The van der Waals surface area contributed by atoms with Crippen LogP contribution in [0.15, 0.2) is 0 Å². The molecule has 0 aliphatic heterocycles. The number of esters is 1. The van der Waals surface area contributed by atoms with Crippen LogP contribution in [0.3, 0.4) is 0 Å². The molecule has 3 nitrogen and oxygen atoms in total. The van der Waals surface area contributed by atoms with Crippen molar-refractivity contribution in [2.24, 2.45) is 23.2 Å². The van der Waals surface area contributed by atoms with Crippen LogP contribution in [0.2, 0.25) is 0 Å². The second kappa shape index (κ2) is 4.50. The van der Waals surface area contributed by atoms with Gasteiger partial charge in [0, 0.05) is 12.3 Å². The first kappa shape index (κ1) is 14.0. The molecule has 112 valence electrons. The highest BCUT2D eigenvalue weighted by Gasteiger charge is 2.54. The summed E-state index contributed by atoms with van der Waals surface area (Å²) in [6.07, 6.45) is 6.20. The average Bonchev–Trinajstić information content (AvgIpc) is 2.32. The number of halogens is 2. The van der Waals surface area contributed by atoms with Crippen LogP contribution in [0.1, 0.15) is 45.4 Å². The lowest BCUT2D eigenvalue weighted by atomic mass is 9.48. The van der Waals surface area contributed by atoms with Gasteiger partial charge in [-0.25, -0.2) is 4.79 Å². The molecular weight excluding hydrogens is 266 g/mol. The highest BCUT2D eigenvalue weighted by molar-refractivity contribution is 5.89. The molecule has 20 heavy (non-hydrogen) atoms. The van der Waals surface area contributed by atoms with E-state index in [0.29, 0.717) is 24.7 Å². The van der Waals surface area contributed by atoms with Gasteiger partial charge in [0.1, 0.15) is 0 Å². The SMILES string of the molecule is CC(F)(F)C(=O)OCC(=O)C12CC3CC(CC(C3)C1)C2. The van der Waals surface area contributed by atoms with Gasteiger partial charge in [0.2, 0.25) is 0 Å². The Balaban J connectivity index is 1.64. The van der Waals surface area contributed by atoms with Crippen LogP contribution in [-0.4, -0.2) is 24.3 Å². The molecule has 4 rings (SSSR count). The van der Waals surface area contributed by atoms with E-state index in [0.717, 1.165) is 19.3 Å². The highest BCUT2D eigenvalue weighted by atomic mass is 19.3. The predicted octanol–water partition coefficient (Wildman–Crippen LogP) is 2.97. The van der Waals surface area contributed by atoms with Crippen molar-refractivity contribution in [3.8, 4) is 0 Å². The first-order valence-electron chi connectivity index (χ1n) is 7.37. The standard InChI is InChI=1S/C15H20F2O3/c1-14(16,17)13(19)20-8-12(18)15-5-9-2-10(6-15)4-11(3-9)7-15/h9-11H,2-8H2,1H3. The zero-order chi connectivity index (χ0) is 14.5. The Morgan fingerprint density at radius 1 is 1.10 bits per heavy atom. The van der Waals surface area contributed by atoms with Crippen molar-refractivity contribution in [1.29, 1.82) is 0 Å². The molecule has 4 fully saturated rings. The minimum Gasteiger partial charge on any atom is -0.453 e. The molecule has 0 atom stereocenters. The molecular formula is C15H20F2O3. The van der Waals surface area contributed by atoms with Gasteiger partial charge in [-0.15, -0.1) is 0 Å². The highest BCUT2D eigenvalue weighted by Crippen LogP contribution is 2.60. The molecule has 0 aromatic heterocycles. The second-order valence-electron chi connectivity index (χ2n) is 7.09. The topological polar surface area (TPSA) is 43.4 Å². The Morgan fingerprint density at radius 2 is 1.55 bits per heavy atom. The molecule has 0 amide bonds. The van der Waals surface area contributed by atoms with Crippen molar-refractivity contribution >= 4 is 11.8 Å². The Labute approximate surface area is 117 Å². The van der Waals surface area contributed by atoms with Crippen LogP contribution in [-0.2, 0) is 14.3 Å². The first-order valence-corrected chi connectivity index (χ1v) is 7.37. The van der Waals surface area contributed by atoms with Gasteiger partial charge >= 0.3 is 11.9 Å². The molecule has 4 saturated carbocycles. The minimum absolute atomic E-state index is 0.144. The summed E-state index contributed by atoms with van der Waals surface area (Å²) in [5.41, 5.74) is -0.391. The van der Waals surface area contributed by atoms with Gasteiger partial charge in [-0.2, -0.15) is 8.78 Å². The van der Waals surface area contributed by atoms with E-state index in [1.807, 2.05) is 0 Å². The smallest absolute Gasteiger partial charge is 0.377 e. The number of alkyl halides is 2. The first-order chi connectivity index (χ1) is 9.28. The lowest BCUT2D eigenvalue weighted by Crippen LogP contribution is -2.51. The Hall–Kier alpha value is -1.00.